The van der Waals surface area contributed by atoms with Crippen LogP contribution in [-0.4, -0.2) is 29.4 Å². The number of amides is 1. The topological polar surface area (TPSA) is 32.3 Å². The summed E-state index contributed by atoms with van der Waals surface area (Å²) in [6, 6.07) is 5.59. The van der Waals surface area contributed by atoms with Gasteiger partial charge in [0, 0.05) is 12.1 Å². The number of halogens is 3. The Morgan fingerprint density at radius 1 is 1.23 bits per heavy atom. The van der Waals surface area contributed by atoms with Crippen LogP contribution >= 0.6 is 0 Å². The van der Waals surface area contributed by atoms with Crippen LogP contribution in [0.3, 0.4) is 0 Å². The van der Waals surface area contributed by atoms with Crippen molar-refractivity contribution in [2.45, 2.75) is 51.4 Å². The van der Waals surface area contributed by atoms with Crippen LogP contribution in [0.1, 0.15) is 38.7 Å². The van der Waals surface area contributed by atoms with E-state index in [-0.39, 0.29) is 24.3 Å². The second-order valence-electron chi connectivity index (χ2n) is 5.89. The van der Waals surface area contributed by atoms with Crippen LogP contribution < -0.4 is 5.32 Å². The summed E-state index contributed by atoms with van der Waals surface area (Å²) in [7, 11) is 0. The molecule has 1 aliphatic rings. The molecular weight excluding hydrogens is 293 g/mol. The van der Waals surface area contributed by atoms with Crippen LogP contribution in [0.4, 0.5) is 18.9 Å². The highest BCUT2D eigenvalue weighted by Gasteiger charge is 2.34. The highest BCUT2D eigenvalue weighted by Crippen LogP contribution is 2.34. The fourth-order valence-electron chi connectivity index (χ4n) is 2.98. The molecule has 1 amide bonds. The fraction of sp³-hybridized carbons (Fsp3) is 0.562. The van der Waals surface area contributed by atoms with E-state index < -0.39 is 17.6 Å². The highest BCUT2D eigenvalue weighted by molar-refractivity contribution is 5.93. The van der Waals surface area contributed by atoms with E-state index in [1.54, 1.807) is 0 Å². The standard InChI is InChI=1S/C16H21F3N2O/c1-11-6-5-7-12(2)21(11)10-15(22)20-14-9-4-3-8-13(14)16(17,18)19/h3-4,8-9,11-12H,5-7,10H2,1-2H3,(H,20,22). The first kappa shape index (κ1) is 16.8. The smallest absolute Gasteiger partial charge is 0.324 e. The summed E-state index contributed by atoms with van der Waals surface area (Å²) < 4.78 is 38.8. The molecule has 1 aromatic carbocycles. The van der Waals surface area contributed by atoms with Crippen LogP contribution in [0.5, 0.6) is 0 Å². The van der Waals surface area contributed by atoms with Crippen molar-refractivity contribution in [2.24, 2.45) is 0 Å². The number of benzene rings is 1. The number of anilines is 1. The molecule has 2 atom stereocenters. The predicted molar refractivity (Wildman–Crippen MR) is 79.6 cm³/mol. The van der Waals surface area contributed by atoms with Gasteiger partial charge < -0.3 is 5.32 Å². The number of nitrogens with zero attached hydrogens (tertiary/aromatic N) is 1. The molecule has 1 N–H and O–H groups in total. The molecule has 6 heteroatoms. The molecule has 0 spiro atoms. The first-order valence-corrected chi connectivity index (χ1v) is 7.51. The number of nitrogens with one attached hydrogen (secondary N) is 1. The van der Waals surface area contributed by atoms with Gasteiger partial charge in [0.25, 0.3) is 0 Å². The average molecular weight is 314 g/mol. The molecule has 1 saturated heterocycles. The lowest BCUT2D eigenvalue weighted by Crippen LogP contribution is -2.47. The molecule has 2 unspecified atom stereocenters. The molecule has 3 nitrogen and oxygen atoms in total. The summed E-state index contributed by atoms with van der Waals surface area (Å²) in [5, 5.41) is 2.40. The molecule has 0 radical (unpaired) electrons. The molecule has 2 rings (SSSR count). The van der Waals surface area contributed by atoms with Gasteiger partial charge in [0.2, 0.25) is 5.91 Å². The summed E-state index contributed by atoms with van der Waals surface area (Å²) >= 11 is 0. The lowest BCUT2D eigenvalue weighted by atomic mass is 9.97. The largest absolute Gasteiger partial charge is 0.418 e. The third-order valence-corrected chi connectivity index (χ3v) is 4.21. The van der Waals surface area contributed by atoms with Crippen LogP contribution in [0.15, 0.2) is 24.3 Å². The second kappa shape index (κ2) is 6.69. The van der Waals surface area contributed by atoms with Gasteiger partial charge in [-0.15, -0.1) is 0 Å². The third kappa shape index (κ3) is 4.00. The summed E-state index contributed by atoms with van der Waals surface area (Å²) in [6.07, 6.45) is -1.33. The molecule has 0 aromatic heterocycles. The number of hydrogen-bond acceptors (Lipinski definition) is 2. The Morgan fingerprint density at radius 3 is 2.41 bits per heavy atom. The van der Waals surface area contributed by atoms with Gasteiger partial charge in [0.1, 0.15) is 0 Å². The van der Waals surface area contributed by atoms with Gasteiger partial charge in [-0.3, -0.25) is 9.69 Å². The van der Waals surface area contributed by atoms with Crippen molar-refractivity contribution in [1.82, 2.24) is 4.90 Å². The van der Waals surface area contributed by atoms with Crippen molar-refractivity contribution >= 4 is 11.6 Å². The monoisotopic (exact) mass is 314 g/mol. The summed E-state index contributed by atoms with van der Waals surface area (Å²) in [5.74, 6) is -0.405. The van der Waals surface area contributed by atoms with E-state index in [4.69, 9.17) is 0 Å². The molecule has 0 bridgehead atoms. The molecule has 1 heterocycles. The quantitative estimate of drug-likeness (QED) is 0.917. The lowest BCUT2D eigenvalue weighted by molar-refractivity contribution is -0.137. The Morgan fingerprint density at radius 2 is 1.82 bits per heavy atom. The van der Waals surface area contributed by atoms with Crippen molar-refractivity contribution < 1.29 is 18.0 Å². The maximum absolute atomic E-state index is 12.9. The van der Waals surface area contributed by atoms with E-state index >= 15 is 0 Å². The first-order valence-electron chi connectivity index (χ1n) is 7.51. The Labute approximate surface area is 128 Å². The van der Waals surface area contributed by atoms with E-state index in [9.17, 15) is 18.0 Å². The predicted octanol–water partition coefficient (Wildman–Crippen LogP) is 3.91. The minimum atomic E-state index is -4.48. The molecule has 0 saturated carbocycles. The van der Waals surface area contributed by atoms with Gasteiger partial charge in [-0.2, -0.15) is 13.2 Å². The number of carbonyl (C=O) groups is 1. The van der Waals surface area contributed by atoms with E-state index in [1.807, 2.05) is 13.8 Å². The number of hydrogen-bond donors (Lipinski definition) is 1. The summed E-state index contributed by atoms with van der Waals surface area (Å²) in [5.41, 5.74) is -1.000. The minimum absolute atomic E-state index is 0.120. The molecule has 22 heavy (non-hydrogen) atoms. The number of piperidine rings is 1. The normalized spacial score (nSPS) is 23.3. The lowest BCUT2D eigenvalue weighted by Gasteiger charge is -2.38. The maximum Gasteiger partial charge on any atom is 0.418 e. The van der Waals surface area contributed by atoms with Crippen LogP contribution in [0, 0.1) is 0 Å². The van der Waals surface area contributed by atoms with Crippen LogP contribution in [0.2, 0.25) is 0 Å². The zero-order valence-corrected chi connectivity index (χ0v) is 12.8. The van der Waals surface area contributed by atoms with Crippen molar-refractivity contribution in [3.63, 3.8) is 0 Å². The Bertz CT molecular complexity index is 520. The van der Waals surface area contributed by atoms with Crippen molar-refractivity contribution in [2.75, 3.05) is 11.9 Å². The maximum atomic E-state index is 12.9. The van der Waals surface area contributed by atoms with Gasteiger partial charge in [-0.25, -0.2) is 0 Å². The number of likely N-dealkylation sites (tertiary alicyclic amines) is 1. The molecule has 1 aromatic rings. The van der Waals surface area contributed by atoms with Crippen molar-refractivity contribution in [1.29, 1.82) is 0 Å². The van der Waals surface area contributed by atoms with Gasteiger partial charge in [-0.05, 0) is 38.8 Å². The molecular formula is C16H21F3N2O. The third-order valence-electron chi connectivity index (χ3n) is 4.21. The van der Waals surface area contributed by atoms with Gasteiger partial charge in [0.15, 0.2) is 0 Å². The van der Waals surface area contributed by atoms with Crippen molar-refractivity contribution in [3.05, 3.63) is 29.8 Å². The Kier molecular flexibility index (Phi) is 5.11. The Hall–Kier alpha value is -1.56. The van der Waals surface area contributed by atoms with E-state index in [2.05, 4.69) is 10.2 Å². The van der Waals surface area contributed by atoms with E-state index in [0.29, 0.717) is 0 Å². The van der Waals surface area contributed by atoms with Gasteiger partial charge in [0.05, 0.1) is 17.8 Å². The van der Waals surface area contributed by atoms with E-state index in [0.717, 1.165) is 25.3 Å². The fourth-order valence-corrected chi connectivity index (χ4v) is 2.98. The van der Waals surface area contributed by atoms with E-state index in [1.165, 1.54) is 18.2 Å². The SMILES string of the molecule is CC1CCCC(C)N1CC(=O)Nc1ccccc1C(F)(F)F. The zero-order valence-electron chi connectivity index (χ0n) is 12.8. The minimum Gasteiger partial charge on any atom is -0.324 e. The first-order chi connectivity index (χ1) is 10.3. The Balaban J connectivity index is 2.07. The summed E-state index contributed by atoms with van der Waals surface area (Å²) in [6.45, 7) is 4.22. The zero-order chi connectivity index (χ0) is 16.3. The molecule has 0 aliphatic carbocycles. The van der Waals surface area contributed by atoms with Gasteiger partial charge in [-0.1, -0.05) is 18.6 Å². The van der Waals surface area contributed by atoms with Crippen molar-refractivity contribution in [3.8, 4) is 0 Å². The summed E-state index contributed by atoms with van der Waals surface area (Å²) in [4.78, 5) is 14.2. The van der Waals surface area contributed by atoms with Crippen LogP contribution in [0.25, 0.3) is 0 Å². The van der Waals surface area contributed by atoms with Crippen LogP contribution in [-0.2, 0) is 11.0 Å². The average Bonchev–Trinajstić information content (AvgIpc) is 2.42. The second-order valence-corrected chi connectivity index (χ2v) is 5.89. The van der Waals surface area contributed by atoms with Gasteiger partial charge >= 0.3 is 6.18 Å². The number of para-hydroxylation sites is 1. The molecule has 1 fully saturated rings. The number of carbonyl (C=O) groups excluding carboxylic acids is 1. The molecule has 1 aliphatic heterocycles. The highest BCUT2D eigenvalue weighted by atomic mass is 19.4. The number of alkyl halides is 3. The number of rotatable bonds is 3. The molecule has 122 valence electrons.